The number of nitrogens with zero attached hydrogens (tertiary/aromatic N) is 2. The summed E-state index contributed by atoms with van der Waals surface area (Å²) in [7, 11) is 0. The maximum Gasteiger partial charge on any atom is 0.174 e. The molecule has 8 heteroatoms. The second kappa shape index (κ2) is 8.86. The molecule has 0 radical (unpaired) electrons. The van der Waals surface area contributed by atoms with E-state index in [1.165, 1.54) is 11.8 Å². The molecule has 0 bridgehead atoms. The highest BCUT2D eigenvalue weighted by molar-refractivity contribution is 7.99. The zero-order chi connectivity index (χ0) is 22.1. The van der Waals surface area contributed by atoms with Crippen molar-refractivity contribution in [2.45, 2.75) is 22.1 Å². The van der Waals surface area contributed by atoms with Gasteiger partial charge in [0.1, 0.15) is 17.6 Å². The molecule has 160 valence electrons. The molecule has 0 saturated carbocycles. The molecule has 32 heavy (non-hydrogen) atoms. The Bertz CT molecular complexity index is 1250. The normalized spacial score (nSPS) is 18.0. The average Bonchev–Trinajstić information content (AvgIpc) is 3.40. The number of phenolic OH excluding ortho intramolecular Hbond substituents is 1. The third-order valence-electron chi connectivity index (χ3n) is 5.17. The van der Waals surface area contributed by atoms with Crippen molar-refractivity contribution in [3.63, 3.8) is 0 Å². The van der Waals surface area contributed by atoms with E-state index in [9.17, 15) is 5.11 Å². The van der Waals surface area contributed by atoms with Gasteiger partial charge in [-0.3, -0.25) is 4.98 Å². The van der Waals surface area contributed by atoms with E-state index in [0.717, 1.165) is 15.7 Å². The highest BCUT2D eigenvalue weighted by Crippen LogP contribution is 2.45. The number of hydrogen-bond acceptors (Lipinski definition) is 5. The van der Waals surface area contributed by atoms with Crippen LogP contribution in [0.3, 0.4) is 0 Å². The second-order valence-electron chi connectivity index (χ2n) is 7.20. The maximum atomic E-state index is 10.5. The largest absolute Gasteiger partial charge is 0.506 e. The van der Waals surface area contributed by atoms with E-state index in [1.54, 1.807) is 18.3 Å². The molecular weight excluding hydrogens is 462 g/mol. The number of halogens is 1. The van der Waals surface area contributed by atoms with E-state index in [0.29, 0.717) is 21.6 Å². The molecular formula is C24H18ClN3O2S2. The average molecular weight is 480 g/mol. The molecule has 0 aliphatic carbocycles. The van der Waals surface area contributed by atoms with Crippen LogP contribution in [0.5, 0.6) is 5.75 Å². The maximum absolute atomic E-state index is 10.5. The summed E-state index contributed by atoms with van der Waals surface area (Å²) >= 11 is 13.2. The molecule has 0 spiro atoms. The van der Waals surface area contributed by atoms with Gasteiger partial charge < -0.3 is 19.7 Å². The van der Waals surface area contributed by atoms with Crippen LogP contribution in [0.2, 0.25) is 5.02 Å². The van der Waals surface area contributed by atoms with Gasteiger partial charge in [0.05, 0.1) is 17.4 Å². The molecule has 1 aliphatic heterocycles. The van der Waals surface area contributed by atoms with E-state index < -0.39 is 0 Å². The van der Waals surface area contributed by atoms with E-state index >= 15 is 0 Å². The lowest BCUT2D eigenvalue weighted by molar-refractivity contribution is 0.382. The number of rotatable bonds is 5. The first-order chi connectivity index (χ1) is 15.6. The molecule has 5 rings (SSSR count). The van der Waals surface area contributed by atoms with E-state index in [1.807, 2.05) is 71.6 Å². The number of hydrogen-bond donors (Lipinski definition) is 2. The molecule has 1 fully saturated rings. The summed E-state index contributed by atoms with van der Waals surface area (Å²) in [6, 6.07) is 23.8. The highest BCUT2D eigenvalue weighted by atomic mass is 35.5. The van der Waals surface area contributed by atoms with Crippen LogP contribution >= 0.6 is 35.6 Å². The smallest absolute Gasteiger partial charge is 0.174 e. The predicted octanol–water partition coefficient (Wildman–Crippen LogP) is 6.36. The van der Waals surface area contributed by atoms with Crippen molar-refractivity contribution >= 4 is 46.4 Å². The molecule has 5 nitrogen and oxygen atoms in total. The molecule has 2 N–H and O–H groups in total. The summed E-state index contributed by atoms with van der Waals surface area (Å²) in [5.41, 5.74) is 1.44. The van der Waals surface area contributed by atoms with Gasteiger partial charge in [-0.2, -0.15) is 0 Å². The lowest BCUT2D eigenvalue weighted by Gasteiger charge is -2.26. The molecule has 1 aliphatic rings. The first-order valence-corrected chi connectivity index (χ1v) is 11.5. The fraction of sp³-hybridized carbons (Fsp3) is 0.0833. The van der Waals surface area contributed by atoms with Gasteiger partial charge in [0, 0.05) is 16.1 Å². The quantitative estimate of drug-likeness (QED) is 0.323. The first-order valence-electron chi connectivity index (χ1n) is 9.92. The summed E-state index contributed by atoms with van der Waals surface area (Å²) in [6.07, 6.45) is 1.75. The molecule has 2 aromatic carbocycles. The van der Waals surface area contributed by atoms with Gasteiger partial charge in [0.25, 0.3) is 0 Å². The summed E-state index contributed by atoms with van der Waals surface area (Å²) in [5.74, 6) is 0.860. The van der Waals surface area contributed by atoms with Crippen molar-refractivity contribution in [3.05, 3.63) is 102 Å². The van der Waals surface area contributed by atoms with Gasteiger partial charge in [-0.1, -0.05) is 41.6 Å². The SMILES string of the molecule is Oc1ccccc1N1C(=S)N[C@H](c2ccccn2)[C@H]1c1ccc(Sc2ccc(Cl)cc2)o1. The van der Waals surface area contributed by atoms with Crippen LogP contribution in [0.25, 0.3) is 0 Å². The molecule has 2 atom stereocenters. The van der Waals surface area contributed by atoms with E-state index in [-0.39, 0.29) is 17.8 Å². The molecule has 2 aromatic heterocycles. The Hall–Kier alpha value is -3.00. The fourth-order valence-corrected chi connectivity index (χ4v) is 4.98. The Morgan fingerprint density at radius 1 is 1.00 bits per heavy atom. The van der Waals surface area contributed by atoms with Crippen molar-refractivity contribution in [2.75, 3.05) is 4.90 Å². The monoisotopic (exact) mass is 479 g/mol. The Morgan fingerprint density at radius 2 is 1.78 bits per heavy atom. The van der Waals surface area contributed by atoms with Crippen LogP contribution in [0.1, 0.15) is 23.5 Å². The van der Waals surface area contributed by atoms with Crippen LogP contribution in [0.4, 0.5) is 5.69 Å². The number of anilines is 1. The molecule has 0 unspecified atom stereocenters. The first kappa shape index (κ1) is 20.9. The summed E-state index contributed by atoms with van der Waals surface area (Å²) in [5, 5.41) is 15.8. The Morgan fingerprint density at radius 3 is 2.53 bits per heavy atom. The van der Waals surface area contributed by atoms with Crippen molar-refractivity contribution in [1.82, 2.24) is 10.3 Å². The number of aromatic hydroxyl groups is 1. The van der Waals surface area contributed by atoms with Gasteiger partial charge >= 0.3 is 0 Å². The summed E-state index contributed by atoms with van der Waals surface area (Å²) < 4.78 is 6.27. The number of phenols is 1. The number of para-hydroxylation sites is 2. The van der Waals surface area contributed by atoms with Crippen molar-refractivity contribution in [1.29, 1.82) is 0 Å². The van der Waals surface area contributed by atoms with Crippen LogP contribution in [-0.2, 0) is 0 Å². The molecule has 4 aromatic rings. The highest BCUT2D eigenvalue weighted by Gasteiger charge is 2.43. The number of nitrogens with one attached hydrogen (secondary N) is 1. The lowest BCUT2D eigenvalue weighted by atomic mass is 10.0. The second-order valence-corrected chi connectivity index (χ2v) is 9.10. The number of benzene rings is 2. The Balaban J connectivity index is 1.54. The van der Waals surface area contributed by atoms with Crippen LogP contribution in [0, 0.1) is 0 Å². The van der Waals surface area contributed by atoms with Crippen molar-refractivity contribution in [3.8, 4) is 5.75 Å². The Labute approximate surface area is 200 Å². The summed E-state index contributed by atoms with van der Waals surface area (Å²) in [6.45, 7) is 0. The zero-order valence-corrected chi connectivity index (χ0v) is 19.1. The zero-order valence-electron chi connectivity index (χ0n) is 16.7. The third kappa shape index (κ3) is 4.07. The molecule has 3 heterocycles. The van der Waals surface area contributed by atoms with E-state index in [4.69, 9.17) is 28.2 Å². The van der Waals surface area contributed by atoms with Crippen molar-refractivity contribution < 1.29 is 9.52 Å². The van der Waals surface area contributed by atoms with Crippen molar-refractivity contribution in [2.24, 2.45) is 0 Å². The number of furan rings is 1. The molecule has 0 amide bonds. The van der Waals surface area contributed by atoms with Gasteiger partial charge in [-0.15, -0.1) is 0 Å². The van der Waals surface area contributed by atoms with Crippen LogP contribution in [0.15, 0.2) is 99.5 Å². The Kier molecular flexibility index (Phi) is 5.78. The number of aromatic nitrogens is 1. The van der Waals surface area contributed by atoms with Gasteiger partial charge in [-0.25, -0.2) is 0 Å². The summed E-state index contributed by atoms with van der Waals surface area (Å²) in [4.78, 5) is 7.44. The van der Waals surface area contributed by atoms with Crippen LogP contribution < -0.4 is 10.2 Å². The molecule has 1 saturated heterocycles. The minimum Gasteiger partial charge on any atom is -0.506 e. The minimum absolute atomic E-state index is 0.144. The number of thiocarbonyl (C=S) groups is 1. The van der Waals surface area contributed by atoms with Gasteiger partial charge in [-0.05, 0) is 72.9 Å². The topological polar surface area (TPSA) is 61.5 Å². The van der Waals surface area contributed by atoms with Gasteiger partial charge in [0.2, 0.25) is 0 Å². The van der Waals surface area contributed by atoms with Crippen LogP contribution in [-0.4, -0.2) is 15.2 Å². The van der Waals surface area contributed by atoms with E-state index in [2.05, 4.69) is 10.3 Å². The minimum atomic E-state index is -0.328. The van der Waals surface area contributed by atoms with Gasteiger partial charge in [0.15, 0.2) is 10.2 Å². The lowest BCUT2D eigenvalue weighted by Crippen LogP contribution is -2.29. The predicted molar refractivity (Wildman–Crippen MR) is 130 cm³/mol. The fourth-order valence-electron chi connectivity index (χ4n) is 3.74. The standard InChI is InChI=1S/C24H18ClN3O2S2/c25-15-8-10-16(11-9-15)32-21-13-12-20(30-21)23-22(17-5-3-4-14-26-17)27-24(31)28(23)18-6-1-2-7-19(18)29/h1-14,22-23,29H,(H,27,31)/t22-,23-/m1/s1. The third-order valence-corrected chi connectivity index (χ3v) is 6.66. The number of pyridine rings is 1.